The zero-order valence-electron chi connectivity index (χ0n) is 13.5. The molecular weight excluding hydrogens is 264 g/mol. The Morgan fingerprint density at radius 2 is 1.95 bits per heavy atom. The average Bonchev–Trinajstić information content (AvgIpc) is 2.85. The van der Waals surface area contributed by atoms with Crippen LogP contribution in [0.5, 0.6) is 0 Å². The predicted molar refractivity (Wildman–Crippen MR) is 85.6 cm³/mol. The third kappa shape index (κ3) is 3.21. The summed E-state index contributed by atoms with van der Waals surface area (Å²) < 4.78 is 0. The minimum atomic E-state index is -0.650. The van der Waals surface area contributed by atoms with Crippen LogP contribution >= 0.6 is 0 Å². The molecule has 1 unspecified atom stereocenters. The van der Waals surface area contributed by atoms with Crippen molar-refractivity contribution in [3.8, 4) is 0 Å². The Balaban J connectivity index is 2.03. The predicted octanol–water partition coefficient (Wildman–Crippen LogP) is 2.69. The van der Waals surface area contributed by atoms with Crippen molar-refractivity contribution in [2.75, 3.05) is 32.1 Å². The lowest BCUT2D eigenvalue weighted by Crippen LogP contribution is -2.39. The molecule has 1 aliphatic heterocycles. The van der Waals surface area contributed by atoms with E-state index < -0.39 is 11.4 Å². The molecule has 1 heterocycles. The Hall–Kier alpha value is -1.55. The summed E-state index contributed by atoms with van der Waals surface area (Å²) >= 11 is 0. The van der Waals surface area contributed by atoms with E-state index in [9.17, 15) is 9.90 Å². The van der Waals surface area contributed by atoms with E-state index in [1.54, 1.807) is 0 Å². The number of nitrogens with zero attached hydrogens (tertiary/aromatic N) is 2. The van der Waals surface area contributed by atoms with Gasteiger partial charge in [0.15, 0.2) is 0 Å². The Kier molecular flexibility index (Phi) is 4.57. The van der Waals surface area contributed by atoms with Crippen molar-refractivity contribution in [1.29, 1.82) is 0 Å². The van der Waals surface area contributed by atoms with Crippen LogP contribution < -0.4 is 4.90 Å². The molecule has 4 nitrogen and oxygen atoms in total. The van der Waals surface area contributed by atoms with Crippen LogP contribution in [-0.2, 0) is 11.3 Å². The number of carbonyl (C=O) groups is 1. The van der Waals surface area contributed by atoms with Gasteiger partial charge in [0.25, 0.3) is 0 Å². The lowest BCUT2D eigenvalue weighted by molar-refractivity contribution is -0.151. The van der Waals surface area contributed by atoms with Gasteiger partial charge < -0.3 is 10.0 Å². The smallest absolute Gasteiger partial charge is 0.311 e. The summed E-state index contributed by atoms with van der Waals surface area (Å²) in [5, 5.41) is 9.58. The number of anilines is 1. The maximum absolute atomic E-state index is 11.7. The molecule has 0 aliphatic carbocycles. The minimum Gasteiger partial charge on any atom is -0.481 e. The second-order valence-electron chi connectivity index (χ2n) is 6.64. The molecule has 21 heavy (non-hydrogen) atoms. The normalized spacial score (nSPS) is 22.7. The highest BCUT2D eigenvalue weighted by atomic mass is 16.4. The van der Waals surface area contributed by atoms with Crippen molar-refractivity contribution in [1.82, 2.24) is 4.90 Å². The number of carboxylic acid groups (broad SMARTS) is 1. The van der Waals surface area contributed by atoms with Crippen LogP contribution in [0.4, 0.5) is 5.69 Å². The third-order valence-electron chi connectivity index (χ3n) is 4.77. The zero-order chi connectivity index (χ0) is 15.6. The molecule has 0 radical (unpaired) electrons. The van der Waals surface area contributed by atoms with Gasteiger partial charge in [-0.3, -0.25) is 9.69 Å². The number of hydrogen-bond donors (Lipinski definition) is 1. The topological polar surface area (TPSA) is 43.8 Å². The van der Waals surface area contributed by atoms with Gasteiger partial charge in [-0.1, -0.05) is 26.0 Å². The molecule has 0 saturated carbocycles. The van der Waals surface area contributed by atoms with Crippen LogP contribution in [0.3, 0.4) is 0 Å². The molecule has 1 saturated heterocycles. The van der Waals surface area contributed by atoms with Crippen molar-refractivity contribution >= 4 is 11.7 Å². The number of likely N-dealkylation sites (tertiary alicyclic amines) is 1. The van der Waals surface area contributed by atoms with Crippen LogP contribution in [0.15, 0.2) is 24.3 Å². The molecule has 1 fully saturated rings. The first-order chi connectivity index (χ1) is 9.85. The van der Waals surface area contributed by atoms with Gasteiger partial charge in [0.1, 0.15) is 0 Å². The summed E-state index contributed by atoms with van der Waals surface area (Å²) in [6.45, 7) is 6.37. The summed E-state index contributed by atoms with van der Waals surface area (Å²) in [5.74, 6) is -0.487. The van der Waals surface area contributed by atoms with E-state index in [1.165, 1.54) is 11.3 Å². The molecule has 1 aliphatic rings. The second kappa shape index (κ2) is 6.06. The first kappa shape index (κ1) is 15.8. The SMILES string of the molecule is CC(C)C1(C(=O)O)CCN(Cc2ccc(N(C)C)cc2)C1. The fraction of sp³-hybridized carbons (Fsp3) is 0.588. The van der Waals surface area contributed by atoms with Gasteiger partial charge in [0.05, 0.1) is 5.41 Å². The van der Waals surface area contributed by atoms with E-state index in [1.807, 2.05) is 27.9 Å². The highest BCUT2D eigenvalue weighted by Crippen LogP contribution is 2.38. The van der Waals surface area contributed by atoms with Gasteiger partial charge in [-0.2, -0.15) is 0 Å². The van der Waals surface area contributed by atoms with E-state index in [0.29, 0.717) is 6.54 Å². The maximum Gasteiger partial charge on any atom is 0.311 e. The maximum atomic E-state index is 11.7. The van der Waals surface area contributed by atoms with E-state index in [0.717, 1.165) is 19.5 Å². The molecule has 1 atom stereocenters. The molecule has 1 aromatic carbocycles. The quantitative estimate of drug-likeness (QED) is 0.905. The summed E-state index contributed by atoms with van der Waals surface area (Å²) in [6, 6.07) is 8.48. The average molecular weight is 290 g/mol. The highest BCUT2D eigenvalue weighted by Gasteiger charge is 2.46. The van der Waals surface area contributed by atoms with Crippen LogP contribution in [0.1, 0.15) is 25.8 Å². The molecule has 1 N–H and O–H groups in total. The van der Waals surface area contributed by atoms with Crippen LogP contribution in [0, 0.1) is 11.3 Å². The van der Waals surface area contributed by atoms with E-state index >= 15 is 0 Å². The van der Waals surface area contributed by atoms with E-state index in [4.69, 9.17) is 0 Å². The number of aliphatic carboxylic acids is 1. The molecule has 116 valence electrons. The third-order valence-corrected chi connectivity index (χ3v) is 4.77. The van der Waals surface area contributed by atoms with Gasteiger partial charge in [0, 0.05) is 32.9 Å². The number of carboxylic acids is 1. The summed E-state index contributed by atoms with van der Waals surface area (Å²) in [4.78, 5) is 16.0. The van der Waals surface area contributed by atoms with E-state index in [-0.39, 0.29) is 5.92 Å². The summed E-state index contributed by atoms with van der Waals surface area (Å²) in [6.07, 6.45) is 0.746. The van der Waals surface area contributed by atoms with Gasteiger partial charge in [-0.05, 0) is 36.6 Å². The lowest BCUT2D eigenvalue weighted by Gasteiger charge is -2.29. The van der Waals surface area contributed by atoms with Gasteiger partial charge in [-0.25, -0.2) is 0 Å². The van der Waals surface area contributed by atoms with Crippen molar-refractivity contribution in [2.45, 2.75) is 26.8 Å². The Morgan fingerprint density at radius 1 is 1.33 bits per heavy atom. The number of hydrogen-bond acceptors (Lipinski definition) is 3. The summed E-state index contributed by atoms with van der Waals surface area (Å²) in [7, 11) is 4.05. The van der Waals surface area contributed by atoms with Crippen molar-refractivity contribution in [2.24, 2.45) is 11.3 Å². The first-order valence-electron chi connectivity index (χ1n) is 7.57. The molecule has 0 aromatic heterocycles. The standard InChI is InChI=1S/C17H26N2O2/c1-13(2)17(16(20)21)9-10-19(12-17)11-14-5-7-15(8-6-14)18(3)4/h5-8,13H,9-12H2,1-4H3,(H,20,21). The van der Waals surface area contributed by atoms with Crippen molar-refractivity contribution in [3.05, 3.63) is 29.8 Å². The molecule has 0 bridgehead atoms. The molecule has 1 aromatic rings. The van der Waals surface area contributed by atoms with Crippen molar-refractivity contribution < 1.29 is 9.90 Å². The van der Waals surface area contributed by atoms with Crippen LogP contribution in [0.2, 0.25) is 0 Å². The van der Waals surface area contributed by atoms with Gasteiger partial charge in [-0.15, -0.1) is 0 Å². The first-order valence-corrected chi connectivity index (χ1v) is 7.57. The highest BCUT2D eigenvalue weighted by molar-refractivity contribution is 5.75. The number of rotatable bonds is 5. The molecular formula is C17H26N2O2. The molecule has 0 spiro atoms. The minimum absolute atomic E-state index is 0.163. The Morgan fingerprint density at radius 3 is 2.38 bits per heavy atom. The van der Waals surface area contributed by atoms with Crippen molar-refractivity contribution in [3.63, 3.8) is 0 Å². The largest absolute Gasteiger partial charge is 0.481 e. The molecule has 4 heteroatoms. The van der Waals surface area contributed by atoms with Crippen LogP contribution in [0.25, 0.3) is 0 Å². The Labute approximate surface area is 127 Å². The lowest BCUT2D eigenvalue weighted by atomic mass is 9.76. The van der Waals surface area contributed by atoms with Crippen LogP contribution in [-0.4, -0.2) is 43.2 Å². The molecule has 0 amide bonds. The van der Waals surface area contributed by atoms with Gasteiger partial charge in [0.2, 0.25) is 0 Å². The van der Waals surface area contributed by atoms with Gasteiger partial charge >= 0.3 is 5.97 Å². The monoisotopic (exact) mass is 290 g/mol. The fourth-order valence-corrected chi connectivity index (χ4v) is 3.10. The van der Waals surface area contributed by atoms with E-state index in [2.05, 4.69) is 34.1 Å². The molecule has 2 rings (SSSR count). The number of benzene rings is 1. The summed E-state index contributed by atoms with van der Waals surface area (Å²) in [5.41, 5.74) is 1.84. The zero-order valence-corrected chi connectivity index (χ0v) is 13.5. The second-order valence-corrected chi connectivity index (χ2v) is 6.64. The fourth-order valence-electron chi connectivity index (χ4n) is 3.10. The Bertz CT molecular complexity index is 496.